The fourth-order valence-electron chi connectivity index (χ4n) is 0.967. The van der Waals surface area contributed by atoms with Crippen LogP contribution in [0.15, 0.2) is 18.5 Å². The van der Waals surface area contributed by atoms with Crippen molar-refractivity contribution in [2.24, 2.45) is 5.73 Å². The van der Waals surface area contributed by atoms with E-state index in [-0.39, 0.29) is 5.78 Å². The molecule has 0 radical (unpaired) electrons. The summed E-state index contributed by atoms with van der Waals surface area (Å²) >= 11 is 0. The Morgan fingerprint density at radius 1 is 1.67 bits per heavy atom. The van der Waals surface area contributed by atoms with Gasteiger partial charge in [0.25, 0.3) is 0 Å². The highest BCUT2D eigenvalue weighted by Gasteiger charge is 2.12. The summed E-state index contributed by atoms with van der Waals surface area (Å²) in [6, 6.07) is 1.35. The molecule has 0 saturated carbocycles. The number of nitrogens with two attached hydrogens (primary N) is 1. The number of ketones is 1. The number of pyridine rings is 1. The van der Waals surface area contributed by atoms with Crippen molar-refractivity contribution < 1.29 is 4.79 Å². The van der Waals surface area contributed by atoms with Crippen molar-refractivity contribution in [3.8, 4) is 0 Å². The molecule has 0 aliphatic carbocycles. The first-order chi connectivity index (χ1) is 5.63. The monoisotopic (exact) mass is 164 g/mol. The summed E-state index contributed by atoms with van der Waals surface area (Å²) in [6.07, 6.45) is 3.22. The maximum absolute atomic E-state index is 11.4. The SMILES string of the molecule is Cc1ccncc1C(=O)C(C)N. The lowest BCUT2D eigenvalue weighted by Crippen LogP contribution is -2.27. The van der Waals surface area contributed by atoms with Gasteiger partial charge in [0.1, 0.15) is 0 Å². The lowest BCUT2D eigenvalue weighted by Gasteiger charge is -2.05. The molecule has 0 amide bonds. The Labute approximate surface area is 71.6 Å². The molecule has 64 valence electrons. The minimum absolute atomic E-state index is 0.0550. The average Bonchev–Trinajstić information content (AvgIpc) is 2.04. The molecule has 0 saturated heterocycles. The number of aromatic nitrogens is 1. The van der Waals surface area contributed by atoms with Gasteiger partial charge in [-0.05, 0) is 25.5 Å². The van der Waals surface area contributed by atoms with E-state index in [0.717, 1.165) is 5.56 Å². The van der Waals surface area contributed by atoms with E-state index in [0.29, 0.717) is 5.56 Å². The second-order valence-corrected chi connectivity index (χ2v) is 2.84. The molecule has 3 heteroatoms. The molecule has 0 aliphatic heterocycles. The van der Waals surface area contributed by atoms with E-state index in [4.69, 9.17) is 5.73 Å². The van der Waals surface area contributed by atoms with E-state index < -0.39 is 6.04 Å². The molecule has 0 bridgehead atoms. The zero-order valence-electron chi connectivity index (χ0n) is 7.24. The summed E-state index contributed by atoms with van der Waals surface area (Å²) in [5.74, 6) is -0.0550. The normalized spacial score (nSPS) is 12.6. The zero-order chi connectivity index (χ0) is 9.14. The van der Waals surface area contributed by atoms with Gasteiger partial charge in [0.05, 0.1) is 6.04 Å². The Hall–Kier alpha value is -1.22. The molecule has 0 aromatic carbocycles. The topological polar surface area (TPSA) is 56.0 Å². The van der Waals surface area contributed by atoms with Crippen molar-refractivity contribution in [1.82, 2.24) is 4.98 Å². The Morgan fingerprint density at radius 2 is 2.33 bits per heavy atom. The van der Waals surface area contributed by atoms with Crippen LogP contribution in [-0.2, 0) is 0 Å². The molecule has 0 fully saturated rings. The summed E-state index contributed by atoms with van der Waals surface area (Å²) in [5, 5.41) is 0. The second kappa shape index (κ2) is 3.45. The maximum Gasteiger partial charge on any atom is 0.181 e. The van der Waals surface area contributed by atoms with E-state index >= 15 is 0 Å². The molecule has 3 nitrogen and oxygen atoms in total. The first-order valence-electron chi connectivity index (χ1n) is 3.83. The maximum atomic E-state index is 11.4. The fraction of sp³-hybridized carbons (Fsp3) is 0.333. The predicted octanol–water partition coefficient (Wildman–Crippen LogP) is 0.920. The third kappa shape index (κ3) is 1.68. The van der Waals surface area contributed by atoms with Crippen LogP contribution in [0.3, 0.4) is 0 Å². The van der Waals surface area contributed by atoms with Gasteiger partial charge in [-0.1, -0.05) is 0 Å². The summed E-state index contributed by atoms with van der Waals surface area (Å²) in [6.45, 7) is 3.55. The standard InChI is InChI=1S/C9H12N2O/c1-6-3-4-11-5-8(6)9(12)7(2)10/h3-5,7H,10H2,1-2H3. The van der Waals surface area contributed by atoms with Gasteiger partial charge in [-0.2, -0.15) is 0 Å². The molecule has 1 rings (SSSR count). The quantitative estimate of drug-likeness (QED) is 0.661. The molecule has 1 atom stereocenters. The third-order valence-electron chi connectivity index (χ3n) is 1.72. The van der Waals surface area contributed by atoms with Crippen LogP contribution in [0.25, 0.3) is 0 Å². The molecule has 1 aromatic rings. The molecular formula is C9H12N2O. The van der Waals surface area contributed by atoms with E-state index in [9.17, 15) is 4.79 Å². The van der Waals surface area contributed by atoms with Crippen molar-refractivity contribution in [2.75, 3.05) is 0 Å². The summed E-state index contributed by atoms with van der Waals surface area (Å²) in [4.78, 5) is 15.3. The lowest BCUT2D eigenvalue weighted by molar-refractivity contribution is 0.0967. The van der Waals surface area contributed by atoms with Crippen LogP contribution in [0.1, 0.15) is 22.8 Å². The van der Waals surface area contributed by atoms with Crippen LogP contribution in [0.5, 0.6) is 0 Å². The molecular weight excluding hydrogens is 152 g/mol. The van der Waals surface area contributed by atoms with Crippen molar-refractivity contribution in [3.63, 3.8) is 0 Å². The number of aryl methyl sites for hydroxylation is 1. The van der Waals surface area contributed by atoms with Gasteiger partial charge in [0.2, 0.25) is 0 Å². The number of hydrogen-bond donors (Lipinski definition) is 1. The average molecular weight is 164 g/mol. The van der Waals surface area contributed by atoms with Crippen LogP contribution in [0.2, 0.25) is 0 Å². The predicted molar refractivity (Wildman–Crippen MR) is 47.0 cm³/mol. The number of nitrogens with zero attached hydrogens (tertiary/aromatic N) is 1. The Kier molecular flexibility index (Phi) is 2.55. The highest BCUT2D eigenvalue weighted by Crippen LogP contribution is 2.06. The van der Waals surface area contributed by atoms with Gasteiger partial charge >= 0.3 is 0 Å². The van der Waals surface area contributed by atoms with Crippen molar-refractivity contribution in [1.29, 1.82) is 0 Å². The van der Waals surface area contributed by atoms with Crippen LogP contribution < -0.4 is 5.73 Å². The van der Waals surface area contributed by atoms with E-state index in [1.165, 1.54) is 0 Å². The smallest absolute Gasteiger partial charge is 0.181 e. The fourth-order valence-corrected chi connectivity index (χ4v) is 0.967. The summed E-state index contributed by atoms with van der Waals surface area (Å²) in [7, 11) is 0. The molecule has 2 N–H and O–H groups in total. The number of hydrogen-bond acceptors (Lipinski definition) is 3. The zero-order valence-corrected chi connectivity index (χ0v) is 7.24. The number of Topliss-reactive ketones (excluding diaryl/α,β-unsaturated/α-hetero) is 1. The van der Waals surface area contributed by atoms with E-state index in [2.05, 4.69) is 4.98 Å². The van der Waals surface area contributed by atoms with Crippen LogP contribution in [-0.4, -0.2) is 16.8 Å². The molecule has 0 aliphatic rings. The van der Waals surface area contributed by atoms with Crippen molar-refractivity contribution >= 4 is 5.78 Å². The molecule has 0 spiro atoms. The minimum Gasteiger partial charge on any atom is -0.321 e. The van der Waals surface area contributed by atoms with Crippen molar-refractivity contribution in [2.45, 2.75) is 19.9 Å². The van der Waals surface area contributed by atoms with Crippen LogP contribution in [0, 0.1) is 6.92 Å². The molecule has 1 heterocycles. The first-order valence-corrected chi connectivity index (χ1v) is 3.83. The number of carbonyl (C=O) groups excluding carboxylic acids is 1. The molecule has 1 aromatic heterocycles. The van der Waals surface area contributed by atoms with E-state index in [1.807, 2.05) is 6.92 Å². The highest BCUT2D eigenvalue weighted by atomic mass is 16.1. The molecule has 1 unspecified atom stereocenters. The second-order valence-electron chi connectivity index (χ2n) is 2.84. The van der Waals surface area contributed by atoms with Gasteiger partial charge in [-0.25, -0.2) is 0 Å². The van der Waals surface area contributed by atoms with Gasteiger partial charge < -0.3 is 5.73 Å². The largest absolute Gasteiger partial charge is 0.321 e. The van der Waals surface area contributed by atoms with Gasteiger partial charge in [-0.3, -0.25) is 9.78 Å². The summed E-state index contributed by atoms with van der Waals surface area (Å²) < 4.78 is 0. The number of carbonyl (C=O) groups is 1. The summed E-state index contributed by atoms with van der Waals surface area (Å²) in [5.41, 5.74) is 7.00. The Bertz CT molecular complexity index is 294. The number of rotatable bonds is 2. The highest BCUT2D eigenvalue weighted by molar-refractivity contribution is 6.00. The van der Waals surface area contributed by atoms with Gasteiger partial charge in [0, 0.05) is 18.0 Å². The molecule has 12 heavy (non-hydrogen) atoms. The first kappa shape index (κ1) is 8.87. The Balaban J connectivity index is 3.03. The van der Waals surface area contributed by atoms with E-state index in [1.54, 1.807) is 25.4 Å². The van der Waals surface area contributed by atoms with Crippen LogP contribution in [0.4, 0.5) is 0 Å². The van der Waals surface area contributed by atoms with Crippen LogP contribution >= 0.6 is 0 Å². The van der Waals surface area contributed by atoms with Crippen molar-refractivity contribution in [3.05, 3.63) is 29.6 Å². The Morgan fingerprint density at radius 3 is 2.83 bits per heavy atom. The van der Waals surface area contributed by atoms with Gasteiger partial charge in [0.15, 0.2) is 5.78 Å². The minimum atomic E-state index is -0.451. The van der Waals surface area contributed by atoms with Gasteiger partial charge in [-0.15, -0.1) is 0 Å². The third-order valence-corrected chi connectivity index (χ3v) is 1.72. The lowest BCUT2D eigenvalue weighted by atomic mass is 10.0.